The number of rotatable bonds is 42. The molecule has 3 N–H and O–H groups in total. The van der Waals surface area contributed by atoms with E-state index in [-0.39, 0.29) is 19.4 Å². The summed E-state index contributed by atoms with van der Waals surface area (Å²) in [7, 11) is -4.79. The Labute approximate surface area is 355 Å². The van der Waals surface area contributed by atoms with Crippen LogP contribution in [0.1, 0.15) is 213 Å². The van der Waals surface area contributed by atoms with E-state index in [4.69, 9.17) is 19.3 Å². The minimum atomic E-state index is -4.79. The Morgan fingerprint density at radius 2 is 1.14 bits per heavy atom. The van der Waals surface area contributed by atoms with E-state index < -0.39 is 38.6 Å². The van der Waals surface area contributed by atoms with Gasteiger partial charge in [0.15, 0.2) is 6.10 Å². The summed E-state index contributed by atoms with van der Waals surface area (Å²) in [5.74, 6) is -0.115. The Kier molecular flexibility index (Phi) is 40.2. The summed E-state index contributed by atoms with van der Waals surface area (Å²) in [5, 5.41) is 10.1. The third kappa shape index (κ3) is 43.5. The lowest BCUT2D eigenvalue weighted by Crippen LogP contribution is -2.29. The topological polar surface area (TPSA) is 140 Å². The van der Waals surface area contributed by atoms with Gasteiger partial charge < -0.3 is 24.4 Å². The van der Waals surface area contributed by atoms with Crippen molar-refractivity contribution in [3.63, 3.8) is 0 Å². The number of carbonyl (C=O) groups is 2. The predicted octanol–water partition coefficient (Wildman–Crippen LogP) is 13.5. The van der Waals surface area contributed by atoms with Crippen LogP contribution in [-0.4, -0.2) is 52.3 Å². The van der Waals surface area contributed by atoms with Crippen LogP contribution in [0.4, 0.5) is 0 Å². The number of aliphatic hydroxyl groups excluding tert-OH is 1. The van der Waals surface area contributed by atoms with Crippen molar-refractivity contribution in [1.29, 1.82) is 0 Å². The number of ether oxygens (including phenoxy) is 2. The fourth-order valence-electron chi connectivity index (χ4n) is 6.54. The summed E-state index contributed by atoms with van der Waals surface area (Å²) in [6.07, 6.45) is 47.2. The normalized spacial score (nSPS) is 14.0. The minimum absolute atomic E-state index is 0.133. The molecule has 0 aliphatic rings. The first-order valence-electron chi connectivity index (χ1n) is 23.4. The molecular formula is C48H87O9P. The summed E-state index contributed by atoms with van der Waals surface area (Å²) in [6.45, 7) is 5.94. The van der Waals surface area contributed by atoms with E-state index in [1.165, 1.54) is 122 Å². The van der Waals surface area contributed by atoms with Gasteiger partial charge in [-0.25, -0.2) is 4.57 Å². The van der Waals surface area contributed by atoms with Gasteiger partial charge in [0.05, 0.1) is 12.7 Å². The molecule has 3 atom stereocenters. The Balaban J connectivity index is 3.98. The van der Waals surface area contributed by atoms with E-state index in [1.54, 1.807) is 12.2 Å². The molecule has 58 heavy (non-hydrogen) atoms. The first kappa shape index (κ1) is 56.0. The minimum Gasteiger partial charge on any atom is -0.462 e. The number of hydrogen-bond acceptors (Lipinski definition) is 7. The lowest BCUT2D eigenvalue weighted by Gasteiger charge is -2.18. The quantitative estimate of drug-likeness (QED) is 0.0180. The fourth-order valence-corrected chi connectivity index (χ4v) is 6.90. The van der Waals surface area contributed by atoms with Crippen molar-refractivity contribution in [1.82, 2.24) is 0 Å². The summed E-state index contributed by atoms with van der Waals surface area (Å²) in [6, 6.07) is 0. The van der Waals surface area contributed by atoms with Gasteiger partial charge in [0.2, 0.25) is 0 Å². The lowest BCUT2D eigenvalue weighted by molar-refractivity contribution is -0.161. The number of carbonyl (C=O) groups excluding carboxylic acids is 2. The Morgan fingerprint density at radius 1 is 0.603 bits per heavy atom. The second-order valence-corrected chi connectivity index (χ2v) is 17.4. The average molecular weight is 839 g/mol. The van der Waals surface area contributed by atoms with E-state index in [2.05, 4.69) is 43.5 Å². The van der Waals surface area contributed by atoms with Crippen LogP contribution < -0.4 is 0 Å². The highest BCUT2D eigenvalue weighted by Crippen LogP contribution is 2.36. The largest absolute Gasteiger partial charge is 0.469 e. The first-order valence-corrected chi connectivity index (χ1v) is 25.0. The lowest BCUT2D eigenvalue weighted by atomic mass is 9.99. The second kappa shape index (κ2) is 41.7. The van der Waals surface area contributed by atoms with Crippen LogP contribution in [0.15, 0.2) is 48.6 Å². The zero-order valence-corrected chi connectivity index (χ0v) is 38.1. The molecule has 0 spiro atoms. The van der Waals surface area contributed by atoms with E-state index in [9.17, 15) is 19.3 Å². The predicted molar refractivity (Wildman–Crippen MR) is 240 cm³/mol. The van der Waals surface area contributed by atoms with Crippen LogP contribution in [-0.2, 0) is 28.2 Å². The van der Waals surface area contributed by atoms with Crippen molar-refractivity contribution in [3.8, 4) is 0 Å². The van der Waals surface area contributed by atoms with Gasteiger partial charge in [-0.2, -0.15) is 0 Å². The fraction of sp³-hybridized carbons (Fsp3) is 0.792. The van der Waals surface area contributed by atoms with Crippen LogP contribution in [0.25, 0.3) is 0 Å². The van der Waals surface area contributed by atoms with Gasteiger partial charge in [0.1, 0.15) is 6.61 Å². The van der Waals surface area contributed by atoms with Crippen LogP contribution in [0.3, 0.4) is 0 Å². The van der Waals surface area contributed by atoms with Gasteiger partial charge in [0.25, 0.3) is 0 Å². The number of phosphoric acid groups is 1. The number of unbranched alkanes of at least 4 members (excludes halogenated alkanes) is 21. The highest BCUT2D eigenvalue weighted by Gasteiger charge is 2.23. The van der Waals surface area contributed by atoms with Crippen molar-refractivity contribution in [2.45, 2.75) is 226 Å². The molecule has 338 valence electrons. The molecular weight excluding hydrogens is 751 g/mol. The van der Waals surface area contributed by atoms with Gasteiger partial charge in [-0.3, -0.25) is 14.1 Å². The standard InChI is InChI=1S/C48H87O9P/c1-4-6-7-8-9-20-24-28-33-38-45(49)39-34-29-26-31-35-40-47(50)55-42-46(43-56-58(52,53)54)57-48(51)41-36-30-25-22-19-17-15-13-11-10-12-14-16-18-21-23-27-32-37-44(3)5-2/h9,20,26,28-29,33-34,39,44-46,49H,4-8,10-19,21-25,27,30-32,35-38,40-43H2,1-3H3,(H2,52,53,54)/b20-9-,29-26+,33-28-,39-34-/t44?,45?,46-/m1/s1. The Hall–Kier alpha value is -2.03. The first-order chi connectivity index (χ1) is 28.1. The monoisotopic (exact) mass is 839 g/mol. The molecule has 0 aliphatic heterocycles. The molecule has 0 heterocycles. The molecule has 0 saturated heterocycles. The Bertz CT molecular complexity index is 1110. The smallest absolute Gasteiger partial charge is 0.462 e. The maximum atomic E-state index is 12.5. The highest BCUT2D eigenvalue weighted by atomic mass is 31.2. The molecule has 0 rings (SSSR count). The highest BCUT2D eigenvalue weighted by molar-refractivity contribution is 7.46. The van der Waals surface area contributed by atoms with Gasteiger partial charge >= 0.3 is 19.8 Å². The van der Waals surface area contributed by atoms with Crippen LogP contribution in [0.5, 0.6) is 0 Å². The number of esters is 2. The maximum absolute atomic E-state index is 12.5. The van der Waals surface area contributed by atoms with Gasteiger partial charge in [-0.05, 0) is 50.9 Å². The summed E-state index contributed by atoms with van der Waals surface area (Å²) >= 11 is 0. The number of aliphatic hydroxyl groups is 1. The molecule has 0 amide bonds. The second-order valence-electron chi connectivity index (χ2n) is 16.2. The molecule has 0 radical (unpaired) electrons. The molecule has 0 aromatic carbocycles. The number of hydrogen-bond donors (Lipinski definition) is 3. The molecule has 10 heteroatoms. The van der Waals surface area contributed by atoms with Crippen molar-refractivity contribution in [2.75, 3.05) is 13.2 Å². The van der Waals surface area contributed by atoms with E-state index >= 15 is 0 Å². The third-order valence-electron chi connectivity index (χ3n) is 10.5. The molecule has 0 fully saturated rings. The van der Waals surface area contributed by atoms with E-state index in [1.807, 2.05) is 18.2 Å². The van der Waals surface area contributed by atoms with Crippen molar-refractivity contribution in [3.05, 3.63) is 48.6 Å². The zero-order valence-electron chi connectivity index (χ0n) is 37.2. The van der Waals surface area contributed by atoms with Crippen molar-refractivity contribution >= 4 is 19.8 Å². The van der Waals surface area contributed by atoms with Gasteiger partial charge in [0, 0.05) is 12.8 Å². The van der Waals surface area contributed by atoms with Gasteiger partial charge in [-0.1, -0.05) is 204 Å². The van der Waals surface area contributed by atoms with E-state index in [0.717, 1.165) is 38.0 Å². The third-order valence-corrected chi connectivity index (χ3v) is 11.0. The van der Waals surface area contributed by atoms with E-state index in [0.29, 0.717) is 25.7 Å². The van der Waals surface area contributed by atoms with Crippen molar-refractivity contribution in [2.24, 2.45) is 5.92 Å². The molecule has 0 bridgehead atoms. The van der Waals surface area contributed by atoms with Crippen LogP contribution in [0.2, 0.25) is 0 Å². The van der Waals surface area contributed by atoms with Crippen molar-refractivity contribution < 1.29 is 43.0 Å². The molecule has 9 nitrogen and oxygen atoms in total. The maximum Gasteiger partial charge on any atom is 0.469 e. The number of allylic oxidation sites excluding steroid dienone is 6. The zero-order chi connectivity index (χ0) is 42.8. The van der Waals surface area contributed by atoms with Gasteiger partial charge in [-0.15, -0.1) is 0 Å². The summed E-state index contributed by atoms with van der Waals surface area (Å²) < 4.78 is 26.4. The Morgan fingerprint density at radius 3 is 1.71 bits per heavy atom. The molecule has 2 unspecified atom stereocenters. The molecule has 0 aliphatic carbocycles. The SMILES string of the molecule is CCCCC/C=C\C/C=C\CC(O)/C=C\C=C\CCCC(=O)OC[C@H](COP(=O)(O)O)OC(=O)CCCCCCCCCCCCCCCCCCCCC(C)CC. The van der Waals surface area contributed by atoms with Crippen LogP contribution >= 0.6 is 7.82 Å². The molecule has 0 aromatic heterocycles. The number of phosphoric ester groups is 1. The average Bonchev–Trinajstić information content (AvgIpc) is 3.19. The molecule has 0 aromatic rings. The summed E-state index contributed by atoms with van der Waals surface area (Å²) in [5.41, 5.74) is 0. The summed E-state index contributed by atoms with van der Waals surface area (Å²) in [4.78, 5) is 43.0. The van der Waals surface area contributed by atoms with Crippen LogP contribution in [0, 0.1) is 5.92 Å². The molecule has 0 saturated carbocycles.